The first-order chi connectivity index (χ1) is 10.2. The highest BCUT2D eigenvalue weighted by molar-refractivity contribution is 5.70. The van der Waals surface area contributed by atoms with Gasteiger partial charge in [0.2, 0.25) is 11.8 Å². The Kier molecular flexibility index (Phi) is 4.88. The summed E-state index contributed by atoms with van der Waals surface area (Å²) in [6.07, 6.45) is 0. The molecule has 0 aliphatic heterocycles. The predicted molar refractivity (Wildman–Crippen MR) is 86.0 cm³/mol. The molecule has 1 heterocycles. The van der Waals surface area contributed by atoms with Gasteiger partial charge in [-0.15, -0.1) is 10.2 Å². The van der Waals surface area contributed by atoms with Crippen molar-refractivity contribution in [2.45, 2.75) is 27.7 Å². The number of rotatable bonds is 2. The zero-order valence-corrected chi connectivity index (χ0v) is 12.9. The Morgan fingerprint density at radius 3 is 2.00 bits per heavy atom. The average Bonchev–Trinajstić information content (AvgIpc) is 2.96. The quantitative estimate of drug-likeness (QED) is 0.659. The Hall–Kier alpha value is -2.42. The van der Waals surface area contributed by atoms with E-state index < -0.39 is 0 Å². The van der Waals surface area contributed by atoms with Crippen LogP contribution in [-0.2, 0) is 0 Å². The molecule has 0 aliphatic carbocycles. The highest BCUT2D eigenvalue weighted by Crippen LogP contribution is 2.26. The van der Waals surface area contributed by atoms with E-state index in [1.54, 1.807) is 6.92 Å². The maximum atomic E-state index is 5.46. The number of hydrogen-bond donors (Lipinski definition) is 0. The summed E-state index contributed by atoms with van der Waals surface area (Å²) in [5, 5.41) is 7.91. The monoisotopic (exact) mass is 280 g/mol. The van der Waals surface area contributed by atoms with E-state index in [0.717, 1.165) is 11.1 Å². The lowest BCUT2D eigenvalue weighted by Crippen LogP contribution is -1.82. The number of hydrogen-bond acceptors (Lipinski definition) is 3. The van der Waals surface area contributed by atoms with Crippen LogP contribution < -0.4 is 0 Å². The fourth-order valence-electron chi connectivity index (χ4n) is 2.07. The number of nitrogens with zero attached hydrogens (tertiary/aromatic N) is 2. The molecule has 0 saturated carbocycles. The number of aryl methyl sites for hydroxylation is 2. The van der Waals surface area contributed by atoms with Gasteiger partial charge in [-0.25, -0.2) is 0 Å². The molecule has 3 heteroatoms. The van der Waals surface area contributed by atoms with E-state index in [1.165, 1.54) is 11.1 Å². The minimum absolute atomic E-state index is 0.562. The highest BCUT2D eigenvalue weighted by Gasteiger charge is 2.07. The van der Waals surface area contributed by atoms with E-state index in [2.05, 4.69) is 53.5 Å². The van der Waals surface area contributed by atoms with Gasteiger partial charge in [0.15, 0.2) is 0 Å². The normalized spacial score (nSPS) is 9.90. The van der Waals surface area contributed by atoms with E-state index in [-0.39, 0.29) is 0 Å². The lowest BCUT2D eigenvalue weighted by molar-refractivity contribution is 0.533. The highest BCUT2D eigenvalue weighted by atomic mass is 16.4. The average molecular weight is 280 g/mol. The second kappa shape index (κ2) is 6.84. The van der Waals surface area contributed by atoms with Crippen LogP contribution in [0.15, 0.2) is 52.9 Å². The molecule has 3 nitrogen and oxygen atoms in total. The van der Waals surface area contributed by atoms with Crippen LogP contribution in [-0.4, -0.2) is 10.2 Å². The van der Waals surface area contributed by atoms with Crippen LogP contribution in [0.4, 0.5) is 0 Å². The molecule has 3 rings (SSSR count). The van der Waals surface area contributed by atoms with Gasteiger partial charge in [-0.3, -0.25) is 0 Å². The van der Waals surface area contributed by atoms with Gasteiger partial charge in [-0.05, 0) is 30.2 Å². The summed E-state index contributed by atoms with van der Waals surface area (Å²) in [5.74, 6) is 1.14. The molecule has 0 amide bonds. The zero-order chi connectivity index (χ0) is 15.2. The lowest BCUT2D eigenvalue weighted by atomic mass is 10.0. The molecule has 0 radical (unpaired) electrons. The summed E-state index contributed by atoms with van der Waals surface area (Å²) in [5.41, 5.74) is 4.53. The molecule has 3 aromatic rings. The van der Waals surface area contributed by atoms with Crippen molar-refractivity contribution in [3.05, 3.63) is 60.0 Å². The largest absolute Gasteiger partial charge is 0.421 e. The third-order valence-electron chi connectivity index (χ3n) is 2.99. The van der Waals surface area contributed by atoms with Crippen molar-refractivity contribution in [2.24, 2.45) is 0 Å². The van der Waals surface area contributed by atoms with Crippen LogP contribution in [0, 0.1) is 13.8 Å². The molecule has 0 unspecified atom stereocenters. The van der Waals surface area contributed by atoms with Crippen LogP contribution >= 0.6 is 0 Å². The molecule has 0 fully saturated rings. The fourth-order valence-corrected chi connectivity index (χ4v) is 2.07. The SMILES string of the molecule is CC.Cc1cccc(-c2cccc(-c3nnc(C)o3)c2)c1. The van der Waals surface area contributed by atoms with Crippen molar-refractivity contribution in [1.29, 1.82) is 0 Å². The Labute approximate surface area is 125 Å². The summed E-state index contributed by atoms with van der Waals surface area (Å²) < 4.78 is 5.46. The predicted octanol–water partition coefficient (Wildman–Crippen LogP) is 5.05. The second-order valence-corrected chi connectivity index (χ2v) is 4.58. The minimum Gasteiger partial charge on any atom is -0.421 e. The molecule has 2 aromatic carbocycles. The van der Waals surface area contributed by atoms with Crippen molar-refractivity contribution in [1.82, 2.24) is 10.2 Å². The summed E-state index contributed by atoms with van der Waals surface area (Å²) in [7, 11) is 0. The first kappa shape index (κ1) is 15.0. The van der Waals surface area contributed by atoms with Crippen LogP contribution in [0.1, 0.15) is 25.3 Å². The van der Waals surface area contributed by atoms with Crippen molar-refractivity contribution < 1.29 is 4.42 Å². The van der Waals surface area contributed by atoms with Gasteiger partial charge in [0, 0.05) is 12.5 Å². The third kappa shape index (κ3) is 3.57. The molecule has 0 atom stereocenters. The van der Waals surface area contributed by atoms with Crippen LogP contribution in [0.3, 0.4) is 0 Å². The standard InChI is InChI=1S/C16H14N2O.C2H6/c1-11-5-3-6-13(9-11)14-7-4-8-15(10-14)16-18-17-12(2)19-16;1-2/h3-10H,1-2H3;1-2H3. The second-order valence-electron chi connectivity index (χ2n) is 4.58. The molecule has 0 bridgehead atoms. The van der Waals surface area contributed by atoms with Gasteiger partial charge in [-0.1, -0.05) is 55.8 Å². The summed E-state index contributed by atoms with van der Waals surface area (Å²) in [6, 6.07) is 16.6. The summed E-state index contributed by atoms with van der Waals surface area (Å²) >= 11 is 0. The maximum Gasteiger partial charge on any atom is 0.247 e. The molecule has 0 N–H and O–H groups in total. The Morgan fingerprint density at radius 1 is 0.762 bits per heavy atom. The number of benzene rings is 2. The molecule has 1 aromatic heterocycles. The van der Waals surface area contributed by atoms with Crippen LogP contribution in [0.5, 0.6) is 0 Å². The van der Waals surface area contributed by atoms with Gasteiger partial charge in [0.1, 0.15) is 0 Å². The fraction of sp³-hybridized carbons (Fsp3) is 0.222. The topological polar surface area (TPSA) is 38.9 Å². The van der Waals surface area contributed by atoms with E-state index in [9.17, 15) is 0 Å². The van der Waals surface area contributed by atoms with Gasteiger partial charge in [0.25, 0.3) is 0 Å². The minimum atomic E-state index is 0.562. The summed E-state index contributed by atoms with van der Waals surface area (Å²) in [6.45, 7) is 7.88. The van der Waals surface area contributed by atoms with Gasteiger partial charge >= 0.3 is 0 Å². The van der Waals surface area contributed by atoms with Gasteiger partial charge in [0.05, 0.1) is 0 Å². The van der Waals surface area contributed by atoms with Crippen molar-refractivity contribution in [3.63, 3.8) is 0 Å². The Bertz CT molecular complexity index is 716. The van der Waals surface area contributed by atoms with E-state index in [0.29, 0.717) is 11.8 Å². The lowest BCUT2D eigenvalue weighted by Gasteiger charge is -2.04. The van der Waals surface area contributed by atoms with E-state index in [1.807, 2.05) is 26.0 Å². The Balaban J connectivity index is 0.000000774. The first-order valence-corrected chi connectivity index (χ1v) is 7.20. The third-order valence-corrected chi connectivity index (χ3v) is 2.99. The van der Waals surface area contributed by atoms with Crippen LogP contribution in [0.2, 0.25) is 0 Å². The number of aromatic nitrogens is 2. The molecular formula is C18H20N2O. The molecule has 0 saturated heterocycles. The molecular weight excluding hydrogens is 260 g/mol. The summed E-state index contributed by atoms with van der Waals surface area (Å²) in [4.78, 5) is 0. The van der Waals surface area contributed by atoms with Gasteiger partial charge < -0.3 is 4.42 Å². The molecule has 0 spiro atoms. The van der Waals surface area contributed by atoms with E-state index in [4.69, 9.17) is 4.42 Å². The van der Waals surface area contributed by atoms with E-state index >= 15 is 0 Å². The molecule has 0 aliphatic rings. The Morgan fingerprint density at radius 2 is 1.38 bits per heavy atom. The molecule has 21 heavy (non-hydrogen) atoms. The van der Waals surface area contributed by atoms with Crippen molar-refractivity contribution in [3.8, 4) is 22.6 Å². The van der Waals surface area contributed by atoms with Crippen molar-refractivity contribution in [2.75, 3.05) is 0 Å². The van der Waals surface area contributed by atoms with Crippen molar-refractivity contribution >= 4 is 0 Å². The van der Waals surface area contributed by atoms with Gasteiger partial charge in [-0.2, -0.15) is 0 Å². The van der Waals surface area contributed by atoms with Crippen LogP contribution in [0.25, 0.3) is 22.6 Å². The molecule has 108 valence electrons. The first-order valence-electron chi connectivity index (χ1n) is 7.20. The zero-order valence-electron chi connectivity index (χ0n) is 12.9. The maximum absolute atomic E-state index is 5.46. The smallest absolute Gasteiger partial charge is 0.247 e.